The van der Waals surface area contributed by atoms with Gasteiger partial charge in [-0.3, -0.25) is 4.79 Å². The van der Waals surface area contributed by atoms with Gasteiger partial charge in [-0.25, -0.2) is 0 Å². The number of carbonyl (C=O) groups is 1. The lowest BCUT2D eigenvalue weighted by Crippen LogP contribution is -2.18. The van der Waals surface area contributed by atoms with E-state index in [2.05, 4.69) is 22.5 Å². The van der Waals surface area contributed by atoms with Crippen molar-refractivity contribution in [1.82, 2.24) is 0 Å². The fourth-order valence-electron chi connectivity index (χ4n) is 0.464. The Morgan fingerprint density at radius 2 is 2.20 bits per heavy atom. The summed E-state index contributed by atoms with van der Waals surface area (Å²) in [5.74, 6) is -0.271. The monoisotopic (exact) mass is 206 g/mol. The number of alkyl halides is 1. The van der Waals surface area contributed by atoms with E-state index in [1.165, 1.54) is 6.92 Å². The lowest BCUT2D eigenvalue weighted by molar-refractivity contribution is -0.143. The topological polar surface area (TPSA) is 26.3 Å². The molecular formula is C7H11BrO2. The molecular weight excluding hydrogens is 196 g/mol. The highest BCUT2D eigenvalue weighted by Gasteiger charge is 2.09. The van der Waals surface area contributed by atoms with Gasteiger partial charge in [0.25, 0.3) is 0 Å². The van der Waals surface area contributed by atoms with E-state index >= 15 is 0 Å². The molecule has 0 aliphatic carbocycles. The number of carbonyl (C=O) groups excluding carboxylic acids is 1. The van der Waals surface area contributed by atoms with Gasteiger partial charge in [-0.15, -0.1) is 0 Å². The summed E-state index contributed by atoms with van der Waals surface area (Å²) in [5, 5.41) is 0.613. The first-order valence-electron chi connectivity index (χ1n) is 2.96. The third-order valence-corrected chi connectivity index (χ3v) is 1.59. The summed E-state index contributed by atoms with van der Waals surface area (Å²) in [4.78, 5) is 10.4. The molecule has 0 fully saturated rings. The molecule has 0 aromatic rings. The summed E-state index contributed by atoms with van der Waals surface area (Å²) in [7, 11) is 0. The number of esters is 1. The molecule has 0 spiro atoms. The van der Waals surface area contributed by atoms with Gasteiger partial charge in [0.15, 0.2) is 0 Å². The first-order chi connectivity index (χ1) is 4.57. The molecule has 0 aliphatic rings. The van der Waals surface area contributed by atoms with Gasteiger partial charge in [0.1, 0.15) is 6.10 Å². The van der Waals surface area contributed by atoms with Crippen LogP contribution in [-0.2, 0) is 9.53 Å². The maximum Gasteiger partial charge on any atom is 0.303 e. The maximum absolute atomic E-state index is 10.4. The molecule has 0 radical (unpaired) electrons. The Kier molecular flexibility index (Phi) is 4.36. The van der Waals surface area contributed by atoms with Crippen LogP contribution in [0, 0.1) is 0 Å². The number of hydrogen-bond acceptors (Lipinski definition) is 2. The van der Waals surface area contributed by atoms with Crippen LogP contribution in [-0.4, -0.2) is 17.4 Å². The largest absolute Gasteiger partial charge is 0.457 e. The van der Waals surface area contributed by atoms with Gasteiger partial charge in [-0.05, 0) is 12.5 Å². The van der Waals surface area contributed by atoms with Crippen LogP contribution in [0.4, 0.5) is 0 Å². The fraction of sp³-hybridized carbons (Fsp3) is 0.571. The number of halogens is 1. The van der Waals surface area contributed by atoms with Crippen LogP contribution < -0.4 is 0 Å². The van der Waals surface area contributed by atoms with E-state index in [1.54, 1.807) is 0 Å². The molecule has 58 valence electrons. The maximum atomic E-state index is 10.4. The fourth-order valence-corrected chi connectivity index (χ4v) is 1.15. The van der Waals surface area contributed by atoms with Gasteiger partial charge < -0.3 is 4.74 Å². The van der Waals surface area contributed by atoms with Gasteiger partial charge in [0, 0.05) is 12.3 Å². The molecule has 0 saturated carbocycles. The molecule has 0 bridgehead atoms. The molecule has 0 N–H and O–H groups in total. The zero-order chi connectivity index (χ0) is 8.15. The average molecular weight is 207 g/mol. The third kappa shape index (κ3) is 3.67. The second kappa shape index (κ2) is 4.50. The molecule has 0 aromatic heterocycles. The standard InChI is InChI=1S/C7H11BrO2/c1-5(2)7(4-8)10-6(3)9/h7H,1,4H2,2-3H3. The molecule has 0 heterocycles. The van der Waals surface area contributed by atoms with Crippen molar-refractivity contribution in [3.63, 3.8) is 0 Å². The minimum atomic E-state index is -0.271. The highest BCUT2D eigenvalue weighted by Crippen LogP contribution is 2.06. The van der Waals surface area contributed by atoms with Crippen LogP contribution in [0.1, 0.15) is 13.8 Å². The molecule has 1 unspecified atom stereocenters. The molecule has 3 heteroatoms. The van der Waals surface area contributed by atoms with Gasteiger partial charge in [0.2, 0.25) is 0 Å². The van der Waals surface area contributed by atoms with E-state index in [-0.39, 0.29) is 12.1 Å². The average Bonchev–Trinajstić information content (AvgIpc) is 1.81. The van der Waals surface area contributed by atoms with E-state index in [4.69, 9.17) is 4.74 Å². The van der Waals surface area contributed by atoms with Gasteiger partial charge in [-0.2, -0.15) is 0 Å². The zero-order valence-corrected chi connectivity index (χ0v) is 7.77. The molecule has 2 nitrogen and oxygen atoms in total. The molecule has 0 amide bonds. The van der Waals surface area contributed by atoms with E-state index in [9.17, 15) is 4.79 Å². The highest BCUT2D eigenvalue weighted by molar-refractivity contribution is 9.09. The van der Waals surface area contributed by atoms with Crippen molar-refractivity contribution in [2.45, 2.75) is 20.0 Å². The summed E-state index contributed by atoms with van der Waals surface area (Å²) in [5.41, 5.74) is 0.854. The minimum Gasteiger partial charge on any atom is -0.457 e. The number of ether oxygens (including phenoxy) is 1. The Morgan fingerprint density at radius 3 is 2.30 bits per heavy atom. The van der Waals surface area contributed by atoms with Crippen molar-refractivity contribution in [1.29, 1.82) is 0 Å². The van der Waals surface area contributed by atoms with E-state index in [0.29, 0.717) is 5.33 Å². The van der Waals surface area contributed by atoms with Crippen molar-refractivity contribution in [3.8, 4) is 0 Å². The highest BCUT2D eigenvalue weighted by atomic mass is 79.9. The van der Waals surface area contributed by atoms with E-state index in [0.717, 1.165) is 5.57 Å². The molecule has 0 aromatic carbocycles. The Hall–Kier alpha value is -0.310. The van der Waals surface area contributed by atoms with Crippen molar-refractivity contribution >= 4 is 21.9 Å². The second-order valence-electron chi connectivity index (χ2n) is 2.10. The summed E-state index contributed by atoms with van der Waals surface area (Å²) in [6.45, 7) is 6.89. The molecule has 0 rings (SSSR count). The van der Waals surface area contributed by atoms with Crippen LogP contribution in [0.5, 0.6) is 0 Å². The quantitative estimate of drug-likeness (QED) is 0.401. The Labute approximate surface area is 69.4 Å². The summed E-state index contributed by atoms with van der Waals surface area (Å²) in [6, 6.07) is 0. The predicted octanol–water partition coefficient (Wildman–Crippen LogP) is 1.89. The van der Waals surface area contributed by atoms with Crippen molar-refractivity contribution in [3.05, 3.63) is 12.2 Å². The van der Waals surface area contributed by atoms with Gasteiger partial charge in [-0.1, -0.05) is 22.5 Å². The Bertz CT molecular complexity index is 143. The third-order valence-electron chi connectivity index (χ3n) is 0.998. The van der Waals surface area contributed by atoms with Gasteiger partial charge >= 0.3 is 5.97 Å². The summed E-state index contributed by atoms with van der Waals surface area (Å²) in [6.07, 6.45) is -0.183. The summed E-state index contributed by atoms with van der Waals surface area (Å²) < 4.78 is 4.88. The van der Waals surface area contributed by atoms with Crippen LogP contribution in [0.3, 0.4) is 0 Å². The van der Waals surface area contributed by atoms with E-state index < -0.39 is 0 Å². The van der Waals surface area contributed by atoms with Crippen molar-refractivity contribution in [2.75, 3.05) is 5.33 Å². The van der Waals surface area contributed by atoms with Gasteiger partial charge in [0.05, 0.1) is 0 Å². The summed E-state index contributed by atoms with van der Waals surface area (Å²) >= 11 is 3.21. The van der Waals surface area contributed by atoms with Crippen molar-refractivity contribution < 1.29 is 9.53 Å². The van der Waals surface area contributed by atoms with Crippen LogP contribution in [0.15, 0.2) is 12.2 Å². The first kappa shape index (κ1) is 9.69. The molecule has 10 heavy (non-hydrogen) atoms. The SMILES string of the molecule is C=C(C)C(CBr)OC(C)=O. The molecule has 1 atom stereocenters. The van der Waals surface area contributed by atoms with Crippen molar-refractivity contribution in [2.24, 2.45) is 0 Å². The molecule has 0 saturated heterocycles. The predicted molar refractivity (Wildman–Crippen MR) is 44.2 cm³/mol. The Balaban J connectivity index is 3.83. The van der Waals surface area contributed by atoms with Crippen LogP contribution >= 0.6 is 15.9 Å². The van der Waals surface area contributed by atoms with Crippen LogP contribution in [0.2, 0.25) is 0 Å². The smallest absolute Gasteiger partial charge is 0.303 e. The number of hydrogen-bond donors (Lipinski definition) is 0. The molecule has 0 aliphatic heterocycles. The zero-order valence-electron chi connectivity index (χ0n) is 6.19. The Morgan fingerprint density at radius 1 is 1.70 bits per heavy atom. The lowest BCUT2D eigenvalue weighted by Gasteiger charge is -2.12. The van der Waals surface area contributed by atoms with Crippen LogP contribution in [0.25, 0.3) is 0 Å². The van der Waals surface area contributed by atoms with E-state index in [1.807, 2.05) is 6.92 Å². The minimum absolute atomic E-state index is 0.183. The second-order valence-corrected chi connectivity index (χ2v) is 2.75. The normalized spacial score (nSPS) is 12.3. The first-order valence-corrected chi connectivity index (χ1v) is 4.08. The number of rotatable bonds is 3. The lowest BCUT2D eigenvalue weighted by atomic mass is 10.2.